The van der Waals surface area contributed by atoms with E-state index in [1.54, 1.807) is 0 Å². The molecule has 5 heteroatoms. The SMILES string of the molecule is C[Si](C)(C)C#CC(=O)[C@@H]1C[C@H](OCc2ccccc2)[C@@H](COCc2ccccc2)O1. The minimum Gasteiger partial charge on any atom is -0.374 e. The topological polar surface area (TPSA) is 44.8 Å². The highest BCUT2D eigenvalue weighted by Crippen LogP contribution is 2.26. The first-order valence-electron chi connectivity index (χ1n) is 10.4. The predicted octanol–water partition coefficient (Wildman–Crippen LogP) is 4.40. The molecule has 0 bridgehead atoms. The zero-order chi connectivity index (χ0) is 21.4. The number of ether oxygens (including phenoxy) is 3. The third-order valence-electron chi connectivity index (χ3n) is 4.75. The summed E-state index contributed by atoms with van der Waals surface area (Å²) in [4.78, 5) is 12.6. The first kappa shape index (κ1) is 22.5. The van der Waals surface area contributed by atoms with Crippen LogP contribution in [0.15, 0.2) is 60.7 Å². The second-order valence-corrected chi connectivity index (χ2v) is 13.3. The lowest BCUT2D eigenvalue weighted by atomic mass is 10.1. The predicted molar refractivity (Wildman–Crippen MR) is 121 cm³/mol. The van der Waals surface area contributed by atoms with Crippen molar-refractivity contribution in [1.82, 2.24) is 0 Å². The Kier molecular flexibility index (Phi) is 8.00. The highest BCUT2D eigenvalue weighted by atomic mass is 28.3. The molecule has 0 amide bonds. The summed E-state index contributed by atoms with van der Waals surface area (Å²) >= 11 is 0. The lowest BCUT2D eigenvalue weighted by Gasteiger charge is -2.19. The largest absolute Gasteiger partial charge is 0.374 e. The van der Waals surface area contributed by atoms with Gasteiger partial charge in [-0.25, -0.2) is 0 Å². The van der Waals surface area contributed by atoms with Crippen LogP contribution in [-0.4, -0.2) is 38.8 Å². The van der Waals surface area contributed by atoms with E-state index in [4.69, 9.17) is 14.2 Å². The molecule has 0 unspecified atom stereocenters. The molecule has 0 spiro atoms. The molecule has 3 rings (SSSR count). The minimum absolute atomic E-state index is 0.156. The third-order valence-corrected chi connectivity index (χ3v) is 5.63. The van der Waals surface area contributed by atoms with Crippen LogP contribution in [0.4, 0.5) is 0 Å². The molecule has 0 aromatic heterocycles. The maximum absolute atomic E-state index is 12.6. The summed E-state index contributed by atoms with van der Waals surface area (Å²) < 4.78 is 18.1. The minimum atomic E-state index is -1.62. The molecule has 158 valence electrons. The van der Waals surface area contributed by atoms with Crippen molar-refractivity contribution in [3.8, 4) is 11.5 Å². The number of carbonyl (C=O) groups is 1. The van der Waals surface area contributed by atoms with Gasteiger partial charge in [0.05, 0.1) is 25.9 Å². The Hall–Kier alpha value is -2.23. The Balaban J connectivity index is 1.61. The van der Waals surface area contributed by atoms with Crippen LogP contribution in [0, 0.1) is 11.5 Å². The van der Waals surface area contributed by atoms with E-state index in [0.717, 1.165) is 11.1 Å². The number of hydrogen-bond acceptors (Lipinski definition) is 4. The number of hydrogen-bond donors (Lipinski definition) is 0. The van der Waals surface area contributed by atoms with Crippen molar-refractivity contribution < 1.29 is 19.0 Å². The number of carbonyl (C=O) groups excluding carboxylic acids is 1. The van der Waals surface area contributed by atoms with E-state index in [1.165, 1.54) is 0 Å². The van der Waals surface area contributed by atoms with Crippen molar-refractivity contribution in [2.75, 3.05) is 6.61 Å². The van der Waals surface area contributed by atoms with Gasteiger partial charge in [-0.1, -0.05) is 80.3 Å². The molecule has 0 N–H and O–H groups in total. The summed E-state index contributed by atoms with van der Waals surface area (Å²) in [5.41, 5.74) is 5.33. The summed E-state index contributed by atoms with van der Waals surface area (Å²) in [5, 5.41) is 0. The van der Waals surface area contributed by atoms with Gasteiger partial charge < -0.3 is 14.2 Å². The summed E-state index contributed by atoms with van der Waals surface area (Å²) in [6.45, 7) is 7.71. The van der Waals surface area contributed by atoms with Crippen LogP contribution in [0.5, 0.6) is 0 Å². The Morgan fingerprint density at radius 3 is 2.20 bits per heavy atom. The van der Waals surface area contributed by atoms with Crippen LogP contribution >= 0.6 is 0 Å². The quantitative estimate of drug-likeness (QED) is 0.467. The Morgan fingerprint density at radius 1 is 1.00 bits per heavy atom. The summed E-state index contributed by atoms with van der Waals surface area (Å²) in [5.74, 6) is 2.66. The molecule has 30 heavy (non-hydrogen) atoms. The summed E-state index contributed by atoms with van der Waals surface area (Å²) in [6, 6.07) is 20.0. The van der Waals surface area contributed by atoms with E-state index in [9.17, 15) is 4.79 Å². The molecule has 0 saturated carbocycles. The lowest BCUT2D eigenvalue weighted by Crippen LogP contribution is -2.29. The van der Waals surface area contributed by atoms with Crippen LogP contribution in [-0.2, 0) is 32.2 Å². The zero-order valence-electron chi connectivity index (χ0n) is 18.0. The second kappa shape index (κ2) is 10.7. The standard InChI is InChI=1S/C25H30O4Si/c1-30(2,3)15-14-22(26)23-16-24(28-18-21-12-8-5-9-13-21)25(29-23)19-27-17-20-10-6-4-7-11-20/h4-13,23-25H,16-19H2,1-3H3/t23-,24-,25+/m0/s1. The summed E-state index contributed by atoms with van der Waals surface area (Å²) in [6.07, 6.45) is -0.547. The van der Waals surface area contributed by atoms with Gasteiger partial charge in [0, 0.05) is 6.42 Å². The molecule has 0 aliphatic carbocycles. The molecule has 2 aromatic carbocycles. The molecule has 4 nitrogen and oxygen atoms in total. The van der Waals surface area contributed by atoms with E-state index >= 15 is 0 Å². The van der Waals surface area contributed by atoms with E-state index < -0.39 is 14.2 Å². The number of ketones is 1. The molecular weight excluding hydrogens is 392 g/mol. The van der Waals surface area contributed by atoms with Gasteiger partial charge in [0.25, 0.3) is 0 Å². The van der Waals surface area contributed by atoms with Crippen molar-refractivity contribution >= 4 is 13.9 Å². The van der Waals surface area contributed by atoms with Crippen molar-refractivity contribution in [3.63, 3.8) is 0 Å². The van der Waals surface area contributed by atoms with Gasteiger partial charge in [0.2, 0.25) is 5.78 Å². The molecular formula is C25H30O4Si. The van der Waals surface area contributed by atoms with Crippen molar-refractivity contribution in [2.24, 2.45) is 0 Å². The average molecular weight is 423 g/mol. The molecule has 1 aliphatic heterocycles. The van der Waals surface area contributed by atoms with Gasteiger partial charge in [0.15, 0.2) is 0 Å². The van der Waals surface area contributed by atoms with Crippen molar-refractivity contribution in [1.29, 1.82) is 0 Å². The van der Waals surface area contributed by atoms with Crippen molar-refractivity contribution in [3.05, 3.63) is 71.8 Å². The van der Waals surface area contributed by atoms with E-state index in [0.29, 0.717) is 26.2 Å². The maximum Gasteiger partial charge on any atom is 0.233 e. The van der Waals surface area contributed by atoms with Crippen molar-refractivity contribution in [2.45, 2.75) is 57.6 Å². The fourth-order valence-electron chi connectivity index (χ4n) is 3.18. The molecule has 1 heterocycles. The monoisotopic (exact) mass is 422 g/mol. The Labute approximate surface area is 180 Å². The van der Waals surface area contributed by atoms with Crippen LogP contribution < -0.4 is 0 Å². The molecule has 0 radical (unpaired) electrons. The van der Waals surface area contributed by atoms with Gasteiger partial charge in [-0.05, 0) is 17.0 Å². The average Bonchev–Trinajstić information content (AvgIpc) is 3.15. The molecule has 1 fully saturated rings. The molecule has 2 aromatic rings. The van der Waals surface area contributed by atoms with Crippen LogP contribution in [0.25, 0.3) is 0 Å². The molecule has 3 atom stereocenters. The van der Waals surface area contributed by atoms with Gasteiger partial charge in [-0.2, -0.15) is 0 Å². The van der Waals surface area contributed by atoms with E-state index in [-0.39, 0.29) is 18.0 Å². The van der Waals surface area contributed by atoms with Gasteiger partial charge >= 0.3 is 0 Å². The van der Waals surface area contributed by atoms with Gasteiger partial charge in [0.1, 0.15) is 20.3 Å². The number of rotatable bonds is 8. The fourth-order valence-corrected chi connectivity index (χ4v) is 3.68. The molecule has 1 saturated heterocycles. The first-order chi connectivity index (χ1) is 14.4. The Morgan fingerprint density at radius 2 is 1.60 bits per heavy atom. The third kappa shape index (κ3) is 7.23. The van der Waals surface area contributed by atoms with E-state index in [2.05, 4.69) is 31.1 Å². The molecule has 1 aliphatic rings. The normalized spacial score (nSPS) is 21.1. The number of benzene rings is 2. The lowest BCUT2D eigenvalue weighted by molar-refractivity contribution is -0.126. The van der Waals surface area contributed by atoms with Crippen LogP contribution in [0.1, 0.15) is 17.5 Å². The van der Waals surface area contributed by atoms with Gasteiger partial charge in [-0.15, -0.1) is 5.54 Å². The smallest absolute Gasteiger partial charge is 0.233 e. The Bertz CT molecular complexity index is 865. The first-order valence-corrected chi connectivity index (χ1v) is 13.9. The zero-order valence-corrected chi connectivity index (χ0v) is 19.0. The van der Waals surface area contributed by atoms with Crippen LogP contribution in [0.3, 0.4) is 0 Å². The highest BCUT2D eigenvalue weighted by molar-refractivity contribution is 6.84. The highest BCUT2D eigenvalue weighted by Gasteiger charge is 2.39. The number of Topliss-reactive ketones (excluding diaryl/α,β-unsaturated/α-hetero) is 1. The maximum atomic E-state index is 12.6. The second-order valence-electron chi connectivity index (χ2n) is 8.60. The fraction of sp³-hybridized carbons (Fsp3) is 0.400. The van der Waals surface area contributed by atoms with E-state index in [1.807, 2.05) is 60.7 Å². The van der Waals surface area contributed by atoms with Crippen LogP contribution in [0.2, 0.25) is 19.6 Å². The van der Waals surface area contributed by atoms with Gasteiger partial charge in [-0.3, -0.25) is 4.79 Å². The summed E-state index contributed by atoms with van der Waals surface area (Å²) in [7, 11) is -1.62.